The molecule has 8 heteroatoms. The fraction of sp³-hybridized carbons (Fsp3) is 0.591. The average molecular weight is 436 g/mol. The van der Waals surface area contributed by atoms with E-state index in [1.165, 1.54) is 0 Å². The SMILES string of the molecule is CC(Oc1ccc(Cl)cc1)C(=O)N1CCC(NC(=O)C2CC(=O)N(C(C)C)C2)CC1. The number of amides is 3. The van der Waals surface area contributed by atoms with E-state index in [9.17, 15) is 14.4 Å². The number of carbonyl (C=O) groups is 3. The first-order valence-electron chi connectivity index (χ1n) is 10.6. The van der Waals surface area contributed by atoms with Gasteiger partial charge in [-0.25, -0.2) is 0 Å². The summed E-state index contributed by atoms with van der Waals surface area (Å²) in [7, 11) is 0. The van der Waals surface area contributed by atoms with Gasteiger partial charge in [-0.1, -0.05) is 11.6 Å². The van der Waals surface area contributed by atoms with Crippen LogP contribution in [-0.2, 0) is 14.4 Å². The predicted octanol–water partition coefficient (Wildman–Crippen LogP) is 2.47. The van der Waals surface area contributed by atoms with Crippen molar-refractivity contribution in [2.45, 2.75) is 58.2 Å². The molecule has 2 unspecified atom stereocenters. The standard InChI is InChI=1S/C22H30ClN3O4/c1-14(2)26-13-16(12-20(26)27)21(28)24-18-8-10-25(11-9-18)22(29)15(3)30-19-6-4-17(23)5-7-19/h4-7,14-16,18H,8-13H2,1-3H3,(H,24,28). The monoisotopic (exact) mass is 435 g/mol. The highest BCUT2D eigenvalue weighted by Crippen LogP contribution is 2.22. The van der Waals surface area contributed by atoms with Crippen molar-refractivity contribution in [2.75, 3.05) is 19.6 Å². The zero-order valence-corrected chi connectivity index (χ0v) is 18.5. The summed E-state index contributed by atoms with van der Waals surface area (Å²) in [6, 6.07) is 7.06. The number of benzene rings is 1. The Morgan fingerprint density at radius 3 is 2.33 bits per heavy atom. The van der Waals surface area contributed by atoms with E-state index in [0.29, 0.717) is 43.2 Å². The number of halogens is 1. The van der Waals surface area contributed by atoms with Gasteiger partial charge in [0.05, 0.1) is 5.92 Å². The second-order valence-corrected chi connectivity index (χ2v) is 8.80. The van der Waals surface area contributed by atoms with Crippen LogP contribution >= 0.6 is 11.6 Å². The van der Waals surface area contributed by atoms with Crippen LogP contribution < -0.4 is 10.1 Å². The van der Waals surface area contributed by atoms with Crippen molar-refractivity contribution >= 4 is 29.3 Å². The molecule has 2 fully saturated rings. The first-order chi connectivity index (χ1) is 14.2. The molecule has 0 radical (unpaired) electrons. The normalized spacial score (nSPS) is 21.1. The topological polar surface area (TPSA) is 79.0 Å². The minimum absolute atomic E-state index is 0.0252. The predicted molar refractivity (Wildman–Crippen MR) is 114 cm³/mol. The summed E-state index contributed by atoms with van der Waals surface area (Å²) >= 11 is 5.87. The van der Waals surface area contributed by atoms with Gasteiger partial charge in [0, 0.05) is 43.2 Å². The molecule has 3 rings (SSSR count). The molecule has 0 spiro atoms. The molecule has 2 saturated heterocycles. The van der Waals surface area contributed by atoms with Gasteiger partial charge in [-0.2, -0.15) is 0 Å². The van der Waals surface area contributed by atoms with E-state index < -0.39 is 6.10 Å². The number of nitrogens with one attached hydrogen (secondary N) is 1. The van der Waals surface area contributed by atoms with Crippen LogP contribution in [0.15, 0.2) is 24.3 Å². The Balaban J connectivity index is 1.44. The molecular weight excluding hydrogens is 406 g/mol. The van der Waals surface area contributed by atoms with E-state index in [1.807, 2.05) is 13.8 Å². The van der Waals surface area contributed by atoms with Crippen molar-refractivity contribution < 1.29 is 19.1 Å². The molecule has 1 aromatic carbocycles. The molecule has 0 saturated carbocycles. The van der Waals surface area contributed by atoms with Crippen LogP contribution in [0.3, 0.4) is 0 Å². The van der Waals surface area contributed by atoms with Gasteiger partial charge in [-0.15, -0.1) is 0 Å². The van der Waals surface area contributed by atoms with Crippen LogP contribution in [0, 0.1) is 5.92 Å². The Kier molecular flexibility index (Phi) is 7.23. The summed E-state index contributed by atoms with van der Waals surface area (Å²) in [6.07, 6.45) is 1.07. The first-order valence-corrected chi connectivity index (χ1v) is 10.9. The second-order valence-electron chi connectivity index (χ2n) is 8.36. The molecule has 1 aromatic rings. The Bertz CT molecular complexity index is 775. The van der Waals surface area contributed by atoms with Crippen molar-refractivity contribution in [3.8, 4) is 5.75 Å². The van der Waals surface area contributed by atoms with Gasteiger partial charge in [0.1, 0.15) is 5.75 Å². The lowest BCUT2D eigenvalue weighted by molar-refractivity contribution is -0.139. The number of ether oxygens (including phenoxy) is 1. The molecular formula is C22H30ClN3O4. The molecule has 2 atom stereocenters. The maximum absolute atomic E-state index is 12.7. The van der Waals surface area contributed by atoms with E-state index in [4.69, 9.17) is 16.3 Å². The number of hydrogen-bond acceptors (Lipinski definition) is 4. The highest BCUT2D eigenvalue weighted by molar-refractivity contribution is 6.30. The van der Waals surface area contributed by atoms with Crippen molar-refractivity contribution in [1.82, 2.24) is 15.1 Å². The molecule has 164 valence electrons. The Morgan fingerprint density at radius 2 is 1.77 bits per heavy atom. The maximum Gasteiger partial charge on any atom is 0.263 e. The molecule has 7 nitrogen and oxygen atoms in total. The number of nitrogens with zero attached hydrogens (tertiary/aromatic N) is 2. The van der Waals surface area contributed by atoms with E-state index in [2.05, 4.69) is 5.32 Å². The Morgan fingerprint density at radius 1 is 1.13 bits per heavy atom. The number of carbonyl (C=O) groups excluding carboxylic acids is 3. The van der Waals surface area contributed by atoms with E-state index >= 15 is 0 Å². The fourth-order valence-corrected chi connectivity index (χ4v) is 4.12. The van der Waals surface area contributed by atoms with Gasteiger partial charge < -0.3 is 19.9 Å². The van der Waals surface area contributed by atoms with E-state index in [-0.39, 0.29) is 42.1 Å². The van der Waals surface area contributed by atoms with Crippen LogP contribution in [-0.4, -0.2) is 65.3 Å². The molecule has 0 aromatic heterocycles. The van der Waals surface area contributed by atoms with Gasteiger partial charge in [0.25, 0.3) is 5.91 Å². The number of rotatable bonds is 6. The quantitative estimate of drug-likeness (QED) is 0.744. The summed E-state index contributed by atoms with van der Waals surface area (Å²) in [5, 5.41) is 3.69. The van der Waals surface area contributed by atoms with Crippen LogP contribution in [0.1, 0.15) is 40.0 Å². The lowest BCUT2D eigenvalue weighted by atomic mass is 10.0. The Hall–Kier alpha value is -2.28. The second kappa shape index (κ2) is 9.69. The van der Waals surface area contributed by atoms with Crippen molar-refractivity contribution in [2.24, 2.45) is 5.92 Å². The van der Waals surface area contributed by atoms with Gasteiger partial charge in [0.2, 0.25) is 11.8 Å². The largest absolute Gasteiger partial charge is 0.481 e. The maximum atomic E-state index is 12.7. The zero-order chi connectivity index (χ0) is 21.8. The van der Waals surface area contributed by atoms with Crippen LogP contribution in [0.2, 0.25) is 5.02 Å². The summed E-state index contributed by atoms with van der Waals surface area (Å²) in [6.45, 7) is 7.28. The third-order valence-electron chi connectivity index (χ3n) is 5.78. The van der Waals surface area contributed by atoms with E-state index in [1.54, 1.807) is 41.0 Å². The van der Waals surface area contributed by atoms with Gasteiger partial charge in [-0.3, -0.25) is 14.4 Å². The number of hydrogen-bond donors (Lipinski definition) is 1. The number of likely N-dealkylation sites (tertiary alicyclic amines) is 2. The van der Waals surface area contributed by atoms with Crippen LogP contribution in [0.4, 0.5) is 0 Å². The smallest absolute Gasteiger partial charge is 0.263 e. The summed E-state index contributed by atoms with van der Waals surface area (Å²) in [4.78, 5) is 40.8. The fourth-order valence-electron chi connectivity index (χ4n) is 3.99. The molecule has 0 bridgehead atoms. The molecule has 2 aliphatic rings. The lowest BCUT2D eigenvalue weighted by Gasteiger charge is -2.34. The highest BCUT2D eigenvalue weighted by atomic mass is 35.5. The van der Waals surface area contributed by atoms with E-state index in [0.717, 1.165) is 0 Å². The Labute approximate surface area is 182 Å². The molecule has 1 N–H and O–H groups in total. The molecule has 0 aliphatic carbocycles. The molecule has 3 amide bonds. The van der Waals surface area contributed by atoms with Crippen LogP contribution in [0.25, 0.3) is 0 Å². The third kappa shape index (κ3) is 5.45. The van der Waals surface area contributed by atoms with Gasteiger partial charge in [-0.05, 0) is 57.9 Å². The first kappa shape index (κ1) is 22.4. The highest BCUT2D eigenvalue weighted by Gasteiger charge is 2.36. The molecule has 30 heavy (non-hydrogen) atoms. The summed E-state index contributed by atoms with van der Waals surface area (Å²) in [5.41, 5.74) is 0. The van der Waals surface area contributed by atoms with Gasteiger partial charge >= 0.3 is 0 Å². The van der Waals surface area contributed by atoms with Crippen molar-refractivity contribution in [3.63, 3.8) is 0 Å². The summed E-state index contributed by atoms with van der Waals surface area (Å²) < 4.78 is 5.73. The minimum Gasteiger partial charge on any atom is -0.481 e. The summed E-state index contributed by atoms with van der Waals surface area (Å²) in [5.74, 6) is 0.232. The van der Waals surface area contributed by atoms with Crippen molar-refractivity contribution in [1.29, 1.82) is 0 Å². The third-order valence-corrected chi connectivity index (χ3v) is 6.03. The number of piperidine rings is 1. The zero-order valence-electron chi connectivity index (χ0n) is 17.8. The lowest BCUT2D eigenvalue weighted by Crippen LogP contribution is -2.50. The van der Waals surface area contributed by atoms with Gasteiger partial charge in [0.15, 0.2) is 6.10 Å². The average Bonchev–Trinajstić information content (AvgIpc) is 3.12. The van der Waals surface area contributed by atoms with Crippen molar-refractivity contribution in [3.05, 3.63) is 29.3 Å². The van der Waals surface area contributed by atoms with Crippen LogP contribution in [0.5, 0.6) is 5.75 Å². The molecule has 2 aliphatic heterocycles. The minimum atomic E-state index is -0.594. The molecule has 2 heterocycles.